The van der Waals surface area contributed by atoms with E-state index in [0.717, 1.165) is 28.4 Å². The van der Waals surface area contributed by atoms with Crippen LogP contribution in [0.1, 0.15) is 30.0 Å². The van der Waals surface area contributed by atoms with Crippen LogP contribution in [0.15, 0.2) is 47.4 Å². The molecule has 5 N–H and O–H groups in total. The van der Waals surface area contributed by atoms with Crippen molar-refractivity contribution in [2.75, 3.05) is 10.6 Å². The highest BCUT2D eigenvalue weighted by Crippen LogP contribution is 2.39. The largest absolute Gasteiger partial charge is 0.366 e. The zero-order chi connectivity index (χ0) is 18.2. The molecule has 5 rings (SSSR count). The monoisotopic (exact) mass is 361 g/mol. The number of aromatic nitrogens is 5. The number of anilines is 3. The predicted octanol–water partition coefficient (Wildman–Crippen LogP) is 3.21. The van der Waals surface area contributed by atoms with E-state index in [1.54, 1.807) is 6.20 Å². The molecule has 3 aromatic heterocycles. The Morgan fingerprint density at radius 2 is 2.00 bits per heavy atom. The molecule has 0 amide bonds. The maximum atomic E-state index is 11.7. The average molecular weight is 361 g/mol. The van der Waals surface area contributed by atoms with Crippen LogP contribution in [0.4, 0.5) is 17.3 Å². The lowest BCUT2D eigenvalue weighted by Crippen LogP contribution is -2.03. The summed E-state index contributed by atoms with van der Waals surface area (Å²) in [5.74, 6) is 2.21. The van der Waals surface area contributed by atoms with Gasteiger partial charge in [0.15, 0.2) is 5.82 Å². The summed E-state index contributed by atoms with van der Waals surface area (Å²) in [6.07, 6.45) is 4.23. The standard InChI is InChI=1S/C19H19N7O/c27-19-14-7-11(1-4-15(14)23-26-19)10-21-17-8-13(5-6-20-17)22-18-9-16(24-25-18)12-2-3-12/h1,4-9,12H,2-3,10H2,(H2,23,26,27)(H3,20,21,22,24,25). The number of aromatic amines is 3. The molecule has 1 saturated carbocycles. The first-order valence-corrected chi connectivity index (χ1v) is 8.96. The van der Waals surface area contributed by atoms with Crippen LogP contribution in [-0.2, 0) is 6.54 Å². The van der Waals surface area contributed by atoms with E-state index in [9.17, 15) is 4.79 Å². The molecule has 0 atom stereocenters. The quantitative estimate of drug-likeness (QED) is 0.362. The van der Waals surface area contributed by atoms with Gasteiger partial charge in [-0.3, -0.25) is 20.1 Å². The number of hydrogen-bond donors (Lipinski definition) is 5. The molecule has 0 aliphatic heterocycles. The molecule has 1 aromatic carbocycles. The topological polar surface area (TPSA) is 114 Å². The van der Waals surface area contributed by atoms with Crippen LogP contribution in [0.25, 0.3) is 10.9 Å². The molecular weight excluding hydrogens is 342 g/mol. The Hall–Kier alpha value is -3.55. The maximum Gasteiger partial charge on any atom is 0.271 e. The van der Waals surface area contributed by atoms with Crippen molar-refractivity contribution in [2.45, 2.75) is 25.3 Å². The fourth-order valence-electron chi connectivity index (χ4n) is 3.14. The Bertz CT molecular complexity index is 1150. The zero-order valence-corrected chi connectivity index (χ0v) is 14.5. The number of nitrogens with one attached hydrogen (secondary N) is 5. The first kappa shape index (κ1) is 15.7. The number of H-pyrrole nitrogens is 3. The summed E-state index contributed by atoms with van der Waals surface area (Å²) >= 11 is 0. The summed E-state index contributed by atoms with van der Waals surface area (Å²) in [6, 6.07) is 11.7. The highest BCUT2D eigenvalue weighted by Gasteiger charge is 2.25. The molecule has 1 aliphatic rings. The van der Waals surface area contributed by atoms with E-state index in [2.05, 4.69) is 42.1 Å². The van der Waals surface area contributed by atoms with E-state index in [1.807, 2.05) is 30.3 Å². The third kappa shape index (κ3) is 3.29. The van der Waals surface area contributed by atoms with E-state index in [1.165, 1.54) is 18.5 Å². The summed E-state index contributed by atoms with van der Waals surface area (Å²) < 4.78 is 0. The number of nitrogens with zero attached hydrogens (tertiary/aromatic N) is 2. The third-order valence-corrected chi connectivity index (χ3v) is 4.76. The second-order valence-electron chi connectivity index (χ2n) is 6.85. The minimum absolute atomic E-state index is 0.110. The van der Waals surface area contributed by atoms with Crippen molar-refractivity contribution in [1.29, 1.82) is 0 Å². The molecule has 0 bridgehead atoms. The SMILES string of the molecule is O=c1[nH][nH]c2ccc(CNc3cc(Nc4cc(C5CC5)[nH]n4)ccn3)cc12. The summed E-state index contributed by atoms with van der Waals surface area (Å²) in [5.41, 5.74) is 3.81. The number of fused-ring (bicyclic) bond motifs is 1. The molecular formula is C19H19N7O. The highest BCUT2D eigenvalue weighted by molar-refractivity contribution is 5.78. The van der Waals surface area contributed by atoms with Gasteiger partial charge in [-0.2, -0.15) is 5.10 Å². The first-order valence-electron chi connectivity index (χ1n) is 8.96. The van der Waals surface area contributed by atoms with Gasteiger partial charge in [0.1, 0.15) is 5.82 Å². The van der Waals surface area contributed by atoms with E-state index in [0.29, 0.717) is 17.8 Å². The van der Waals surface area contributed by atoms with Crippen molar-refractivity contribution >= 4 is 28.2 Å². The molecule has 0 saturated heterocycles. The van der Waals surface area contributed by atoms with E-state index < -0.39 is 0 Å². The van der Waals surface area contributed by atoms with Crippen LogP contribution in [0.2, 0.25) is 0 Å². The molecule has 0 unspecified atom stereocenters. The van der Waals surface area contributed by atoms with Gasteiger partial charge >= 0.3 is 0 Å². The Balaban J connectivity index is 1.27. The van der Waals surface area contributed by atoms with Gasteiger partial charge in [0, 0.05) is 42.2 Å². The minimum atomic E-state index is -0.110. The van der Waals surface area contributed by atoms with Gasteiger partial charge in [0.2, 0.25) is 0 Å². The zero-order valence-electron chi connectivity index (χ0n) is 14.5. The van der Waals surface area contributed by atoms with Crippen molar-refractivity contribution in [3.63, 3.8) is 0 Å². The Morgan fingerprint density at radius 1 is 1.07 bits per heavy atom. The second-order valence-corrected chi connectivity index (χ2v) is 6.85. The Morgan fingerprint density at radius 3 is 2.89 bits per heavy atom. The smallest absolute Gasteiger partial charge is 0.271 e. The second kappa shape index (κ2) is 6.31. The molecule has 27 heavy (non-hydrogen) atoms. The molecule has 1 fully saturated rings. The molecule has 0 radical (unpaired) electrons. The highest BCUT2D eigenvalue weighted by atomic mass is 16.1. The first-order chi connectivity index (χ1) is 13.2. The number of hydrogen-bond acceptors (Lipinski definition) is 5. The van der Waals surface area contributed by atoms with Crippen molar-refractivity contribution in [2.24, 2.45) is 0 Å². The molecule has 8 heteroatoms. The van der Waals surface area contributed by atoms with Gasteiger partial charge < -0.3 is 10.6 Å². The number of benzene rings is 1. The van der Waals surface area contributed by atoms with Crippen LogP contribution < -0.4 is 16.2 Å². The van der Waals surface area contributed by atoms with Crippen LogP contribution in [0.5, 0.6) is 0 Å². The lowest BCUT2D eigenvalue weighted by molar-refractivity contribution is 0.967. The molecule has 1 aliphatic carbocycles. The van der Waals surface area contributed by atoms with Crippen molar-refractivity contribution in [1.82, 2.24) is 25.4 Å². The molecule has 8 nitrogen and oxygen atoms in total. The van der Waals surface area contributed by atoms with E-state index >= 15 is 0 Å². The maximum absolute atomic E-state index is 11.7. The average Bonchev–Trinajstić information content (AvgIpc) is 3.33. The van der Waals surface area contributed by atoms with Crippen LogP contribution >= 0.6 is 0 Å². The fraction of sp³-hybridized carbons (Fsp3) is 0.211. The van der Waals surface area contributed by atoms with Gasteiger partial charge in [-0.05, 0) is 36.6 Å². The Kier molecular flexibility index (Phi) is 3.67. The van der Waals surface area contributed by atoms with Gasteiger partial charge in [0.25, 0.3) is 5.56 Å². The number of rotatable bonds is 6. The van der Waals surface area contributed by atoms with E-state index in [4.69, 9.17) is 0 Å². The van der Waals surface area contributed by atoms with Crippen molar-refractivity contribution in [3.8, 4) is 0 Å². The van der Waals surface area contributed by atoms with Gasteiger partial charge in [-0.25, -0.2) is 4.98 Å². The van der Waals surface area contributed by atoms with Gasteiger partial charge in [0.05, 0.1) is 10.9 Å². The van der Waals surface area contributed by atoms with Gasteiger partial charge in [-0.1, -0.05) is 6.07 Å². The lowest BCUT2D eigenvalue weighted by Gasteiger charge is -2.08. The predicted molar refractivity (Wildman–Crippen MR) is 104 cm³/mol. The van der Waals surface area contributed by atoms with E-state index in [-0.39, 0.29) is 5.56 Å². The van der Waals surface area contributed by atoms with Crippen LogP contribution in [-0.4, -0.2) is 25.4 Å². The van der Waals surface area contributed by atoms with Crippen LogP contribution in [0, 0.1) is 0 Å². The fourth-order valence-corrected chi connectivity index (χ4v) is 3.14. The van der Waals surface area contributed by atoms with Crippen LogP contribution in [0.3, 0.4) is 0 Å². The minimum Gasteiger partial charge on any atom is -0.366 e. The summed E-state index contributed by atoms with van der Waals surface area (Å²) in [7, 11) is 0. The third-order valence-electron chi connectivity index (χ3n) is 4.76. The normalized spacial score (nSPS) is 13.8. The molecule has 136 valence electrons. The van der Waals surface area contributed by atoms with Crippen molar-refractivity contribution < 1.29 is 0 Å². The van der Waals surface area contributed by atoms with Gasteiger partial charge in [-0.15, -0.1) is 0 Å². The summed E-state index contributed by atoms with van der Waals surface area (Å²) in [6.45, 7) is 0.575. The molecule has 3 heterocycles. The lowest BCUT2D eigenvalue weighted by atomic mass is 10.1. The van der Waals surface area contributed by atoms with Crippen molar-refractivity contribution in [3.05, 3.63) is 64.2 Å². The molecule has 4 aromatic rings. The summed E-state index contributed by atoms with van der Waals surface area (Å²) in [4.78, 5) is 16.1. The molecule has 0 spiro atoms. The summed E-state index contributed by atoms with van der Waals surface area (Å²) in [5, 5.41) is 20.1. The number of pyridine rings is 1. The Labute approximate surface area is 154 Å².